The highest BCUT2D eigenvalue weighted by Gasteiger charge is 2.34. The second-order valence-electron chi connectivity index (χ2n) is 5.07. The summed E-state index contributed by atoms with van der Waals surface area (Å²) in [6.07, 6.45) is 1.58. The number of carboxylic acids is 1. The molecular weight excluding hydrogens is 296 g/mol. The van der Waals surface area contributed by atoms with Crippen LogP contribution in [0.4, 0.5) is 0 Å². The fraction of sp³-hybridized carbons (Fsp3) is 0.385. The van der Waals surface area contributed by atoms with Crippen LogP contribution in [0, 0.1) is 0 Å². The third-order valence-electron chi connectivity index (χ3n) is 3.10. The molecule has 0 heterocycles. The van der Waals surface area contributed by atoms with Crippen molar-refractivity contribution in [2.24, 2.45) is 5.14 Å². The first-order valence-electron chi connectivity index (χ1n) is 6.38. The maximum Gasteiger partial charge on any atom is 0.323 e. The first-order valence-corrected chi connectivity index (χ1v) is 8.10. The molecule has 8 heteroatoms. The minimum absolute atomic E-state index is 0.0458. The molecule has 2 rings (SSSR count). The van der Waals surface area contributed by atoms with E-state index in [9.17, 15) is 18.0 Å². The highest BCUT2D eigenvalue weighted by Crippen LogP contribution is 2.28. The van der Waals surface area contributed by atoms with Crippen LogP contribution in [0.1, 0.15) is 28.8 Å². The maximum absolute atomic E-state index is 12.4. The van der Waals surface area contributed by atoms with Crippen molar-refractivity contribution in [2.75, 3.05) is 6.54 Å². The second kappa shape index (κ2) is 5.82. The summed E-state index contributed by atoms with van der Waals surface area (Å²) >= 11 is 0. The van der Waals surface area contributed by atoms with E-state index in [1.165, 1.54) is 17.0 Å². The molecule has 0 bridgehead atoms. The summed E-state index contributed by atoms with van der Waals surface area (Å²) in [6.45, 7) is -0.358. The predicted octanol–water partition coefficient (Wildman–Crippen LogP) is 0.164. The van der Waals surface area contributed by atoms with Gasteiger partial charge in [-0.1, -0.05) is 12.1 Å². The molecule has 114 valence electrons. The molecule has 1 fully saturated rings. The summed E-state index contributed by atoms with van der Waals surface area (Å²) in [5, 5.41) is 13.9. The van der Waals surface area contributed by atoms with Crippen LogP contribution < -0.4 is 5.14 Å². The lowest BCUT2D eigenvalue weighted by atomic mass is 10.1. The third-order valence-corrected chi connectivity index (χ3v) is 3.83. The van der Waals surface area contributed by atoms with Crippen molar-refractivity contribution >= 4 is 21.9 Å². The minimum atomic E-state index is -3.68. The number of aliphatic carboxylic acids is 1. The van der Waals surface area contributed by atoms with Crippen molar-refractivity contribution in [3.8, 4) is 0 Å². The van der Waals surface area contributed by atoms with E-state index in [0.717, 1.165) is 12.8 Å². The molecule has 0 saturated heterocycles. The number of nitrogens with zero attached hydrogens (tertiary/aromatic N) is 1. The van der Waals surface area contributed by atoms with Gasteiger partial charge in [0.05, 0.1) is 5.75 Å². The zero-order valence-electron chi connectivity index (χ0n) is 11.2. The van der Waals surface area contributed by atoms with E-state index >= 15 is 0 Å². The molecule has 1 aliphatic rings. The maximum atomic E-state index is 12.4. The normalized spacial score (nSPS) is 14.7. The minimum Gasteiger partial charge on any atom is -0.480 e. The zero-order valence-corrected chi connectivity index (χ0v) is 12.0. The molecule has 0 unspecified atom stereocenters. The van der Waals surface area contributed by atoms with Gasteiger partial charge in [0.1, 0.15) is 6.54 Å². The van der Waals surface area contributed by atoms with E-state index in [1.54, 1.807) is 12.1 Å². The van der Waals surface area contributed by atoms with E-state index in [2.05, 4.69) is 0 Å². The Morgan fingerprint density at radius 1 is 1.33 bits per heavy atom. The lowest BCUT2D eigenvalue weighted by Crippen LogP contribution is -2.37. The molecule has 1 aromatic carbocycles. The van der Waals surface area contributed by atoms with Crippen LogP contribution in [-0.4, -0.2) is 42.9 Å². The van der Waals surface area contributed by atoms with Crippen molar-refractivity contribution in [3.05, 3.63) is 35.4 Å². The SMILES string of the molecule is NS(=O)(=O)Cc1cccc(C(=O)N(CC(=O)O)C2CC2)c1. The lowest BCUT2D eigenvalue weighted by molar-refractivity contribution is -0.137. The summed E-state index contributed by atoms with van der Waals surface area (Å²) < 4.78 is 22.2. The number of amides is 1. The highest BCUT2D eigenvalue weighted by atomic mass is 32.2. The van der Waals surface area contributed by atoms with Crippen molar-refractivity contribution in [1.29, 1.82) is 0 Å². The van der Waals surface area contributed by atoms with E-state index in [4.69, 9.17) is 10.2 Å². The number of carbonyl (C=O) groups excluding carboxylic acids is 1. The smallest absolute Gasteiger partial charge is 0.323 e. The van der Waals surface area contributed by atoms with Gasteiger partial charge in [-0.3, -0.25) is 9.59 Å². The Kier molecular flexibility index (Phi) is 4.29. The Bertz CT molecular complexity index is 667. The lowest BCUT2D eigenvalue weighted by Gasteiger charge is -2.20. The number of hydrogen-bond acceptors (Lipinski definition) is 4. The Balaban J connectivity index is 2.21. The Labute approximate surface area is 122 Å². The van der Waals surface area contributed by atoms with Gasteiger partial charge in [-0.2, -0.15) is 0 Å². The molecular formula is C13H16N2O5S. The first-order chi connectivity index (χ1) is 9.76. The molecule has 3 N–H and O–H groups in total. The van der Waals surface area contributed by atoms with Gasteiger partial charge in [0.2, 0.25) is 10.0 Å². The van der Waals surface area contributed by atoms with Gasteiger partial charge in [-0.25, -0.2) is 13.6 Å². The van der Waals surface area contributed by atoms with Gasteiger partial charge >= 0.3 is 5.97 Å². The van der Waals surface area contributed by atoms with Crippen molar-refractivity contribution in [2.45, 2.75) is 24.6 Å². The van der Waals surface area contributed by atoms with Crippen LogP contribution in [0.25, 0.3) is 0 Å². The number of nitrogens with two attached hydrogens (primary N) is 1. The topological polar surface area (TPSA) is 118 Å². The van der Waals surface area contributed by atoms with Gasteiger partial charge in [-0.05, 0) is 30.5 Å². The quantitative estimate of drug-likeness (QED) is 0.776. The van der Waals surface area contributed by atoms with Crippen molar-refractivity contribution < 1.29 is 23.1 Å². The van der Waals surface area contributed by atoms with Crippen LogP contribution in [0.2, 0.25) is 0 Å². The monoisotopic (exact) mass is 312 g/mol. The van der Waals surface area contributed by atoms with Gasteiger partial charge in [0.15, 0.2) is 0 Å². The fourth-order valence-corrected chi connectivity index (χ4v) is 2.74. The Morgan fingerprint density at radius 2 is 2.00 bits per heavy atom. The summed E-state index contributed by atoms with van der Waals surface area (Å²) in [7, 11) is -3.68. The van der Waals surface area contributed by atoms with Gasteiger partial charge in [0.25, 0.3) is 5.91 Å². The molecule has 21 heavy (non-hydrogen) atoms. The summed E-state index contributed by atoms with van der Waals surface area (Å²) in [6, 6.07) is 6.03. The molecule has 0 radical (unpaired) electrons. The number of sulfonamides is 1. The van der Waals surface area contributed by atoms with E-state index in [0.29, 0.717) is 5.56 Å². The average Bonchev–Trinajstić information content (AvgIpc) is 3.17. The van der Waals surface area contributed by atoms with Gasteiger partial charge in [-0.15, -0.1) is 0 Å². The molecule has 7 nitrogen and oxygen atoms in total. The number of rotatable bonds is 6. The molecule has 1 amide bonds. The van der Waals surface area contributed by atoms with Crippen LogP contribution >= 0.6 is 0 Å². The molecule has 0 aliphatic heterocycles. The average molecular weight is 312 g/mol. The van der Waals surface area contributed by atoms with Gasteiger partial charge < -0.3 is 10.0 Å². The van der Waals surface area contributed by atoms with Gasteiger partial charge in [0, 0.05) is 11.6 Å². The summed E-state index contributed by atoms with van der Waals surface area (Å²) in [4.78, 5) is 24.5. The van der Waals surface area contributed by atoms with Crippen molar-refractivity contribution in [1.82, 2.24) is 4.90 Å². The molecule has 1 aliphatic carbocycles. The number of benzene rings is 1. The molecule has 1 aromatic rings. The molecule has 1 saturated carbocycles. The summed E-state index contributed by atoms with van der Waals surface area (Å²) in [5.41, 5.74) is 0.665. The third kappa shape index (κ3) is 4.54. The summed E-state index contributed by atoms with van der Waals surface area (Å²) in [5.74, 6) is -1.84. The first kappa shape index (κ1) is 15.5. The largest absolute Gasteiger partial charge is 0.480 e. The predicted molar refractivity (Wildman–Crippen MR) is 74.9 cm³/mol. The zero-order chi connectivity index (χ0) is 15.6. The standard InChI is InChI=1S/C13H16N2O5S/c14-21(19,20)8-9-2-1-3-10(6-9)13(18)15(7-12(16)17)11-4-5-11/h1-3,6,11H,4-5,7-8H2,(H,16,17)(H2,14,19,20). The van der Waals surface area contributed by atoms with Crippen LogP contribution in [0.15, 0.2) is 24.3 Å². The number of carboxylic acid groups (broad SMARTS) is 1. The molecule has 0 aromatic heterocycles. The number of primary sulfonamides is 1. The van der Waals surface area contributed by atoms with E-state index in [-0.39, 0.29) is 23.9 Å². The van der Waals surface area contributed by atoms with Crippen LogP contribution in [0.3, 0.4) is 0 Å². The van der Waals surface area contributed by atoms with Crippen LogP contribution in [-0.2, 0) is 20.6 Å². The van der Waals surface area contributed by atoms with E-state index in [1.807, 2.05) is 0 Å². The van der Waals surface area contributed by atoms with Crippen molar-refractivity contribution in [3.63, 3.8) is 0 Å². The number of carbonyl (C=O) groups is 2. The second-order valence-corrected chi connectivity index (χ2v) is 6.68. The Hall–Kier alpha value is -1.93. The van der Waals surface area contributed by atoms with Crippen LogP contribution in [0.5, 0.6) is 0 Å². The highest BCUT2D eigenvalue weighted by molar-refractivity contribution is 7.88. The number of hydrogen-bond donors (Lipinski definition) is 2. The molecule has 0 atom stereocenters. The Morgan fingerprint density at radius 3 is 2.52 bits per heavy atom. The molecule has 0 spiro atoms. The van der Waals surface area contributed by atoms with E-state index < -0.39 is 21.9 Å². The fourth-order valence-electron chi connectivity index (χ4n) is 2.09.